The second-order valence-electron chi connectivity index (χ2n) is 6.34. The van der Waals surface area contributed by atoms with Crippen molar-refractivity contribution in [3.05, 3.63) is 105 Å². The van der Waals surface area contributed by atoms with Gasteiger partial charge < -0.3 is 9.57 Å². The van der Waals surface area contributed by atoms with E-state index in [4.69, 9.17) is 21.2 Å². The lowest BCUT2D eigenvalue weighted by molar-refractivity contribution is -0.136. The number of benzene rings is 3. The van der Waals surface area contributed by atoms with Crippen LogP contribution in [-0.4, -0.2) is 11.7 Å². The van der Waals surface area contributed by atoms with Crippen molar-refractivity contribution in [3.63, 3.8) is 0 Å². The number of hydrogen-bond acceptors (Lipinski definition) is 4. The molecule has 144 valence electrons. The molecule has 0 aliphatic carbocycles. The van der Waals surface area contributed by atoms with Crippen LogP contribution in [0.5, 0.6) is 5.75 Å². The van der Waals surface area contributed by atoms with Gasteiger partial charge in [0.25, 0.3) is 0 Å². The number of hydrogen-bond donors (Lipinski definition) is 0. The zero-order valence-electron chi connectivity index (χ0n) is 15.1. The van der Waals surface area contributed by atoms with Crippen LogP contribution in [0.1, 0.15) is 16.7 Å². The summed E-state index contributed by atoms with van der Waals surface area (Å²) in [5, 5.41) is 4.63. The average molecular weight is 469 g/mol. The van der Waals surface area contributed by atoms with Gasteiger partial charge in [-0.1, -0.05) is 75.2 Å². The molecule has 0 aromatic heterocycles. The molecule has 0 radical (unpaired) electrons. The molecule has 1 aliphatic heterocycles. The molecule has 4 rings (SSSR count). The van der Waals surface area contributed by atoms with E-state index in [0.29, 0.717) is 28.7 Å². The number of nitrogens with zero attached hydrogens (tertiary/aromatic N) is 1. The number of carbonyl (C=O) groups excluding carboxylic acids is 1. The molecule has 0 saturated heterocycles. The smallest absolute Gasteiger partial charge is 0.368 e. The van der Waals surface area contributed by atoms with Crippen molar-refractivity contribution >= 4 is 45.3 Å². The fourth-order valence-corrected chi connectivity index (χ4v) is 3.38. The Morgan fingerprint density at radius 1 is 1.03 bits per heavy atom. The van der Waals surface area contributed by atoms with Crippen LogP contribution in [0.2, 0.25) is 5.02 Å². The number of ether oxygens (including phenoxy) is 1. The zero-order chi connectivity index (χ0) is 20.2. The van der Waals surface area contributed by atoms with Gasteiger partial charge in [0.05, 0.1) is 5.57 Å². The maximum absolute atomic E-state index is 12.3. The molecule has 0 unspecified atom stereocenters. The van der Waals surface area contributed by atoms with Gasteiger partial charge in [0, 0.05) is 20.6 Å². The highest BCUT2D eigenvalue weighted by Crippen LogP contribution is 2.29. The van der Waals surface area contributed by atoms with E-state index in [1.54, 1.807) is 6.08 Å². The van der Waals surface area contributed by atoms with Crippen molar-refractivity contribution in [1.82, 2.24) is 0 Å². The van der Waals surface area contributed by atoms with E-state index < -0.39 is 5.97 Å². The highest BCUT2D eigenvalue weighted by atomic mass is 79.9. The molecule has 1 aliphatic rings. The predicted molar refractivity (Wildman–Crippen MR) is 117 cm³/mol. The van der Waals surface area contributed by atoms with Gasteiger partial charge in [-0.2, -0.15) is 0 Å². The summed E-state index contributed by atoms with van der Waals surface area (Å²) >= 11 is 9.41. The minimum atomic E-state index is -0.493. The molecule has 6 heteroatoms. The van der Waals surface area contributed by atoms with Crippen LogP contribution in [0.15, 0.2) is 88.0 Å². The fourth-order valence-electron chi connectivity index (χ4n) is 2.87. The summed E-state index contributed by atoms with van der Waals surface area (Å²) in [6.07, 6.45) is 1.74. The summed E-state index contributed by atoms with van der Waals surface area (Å²) in [6, 6.07) is 22.5. The third-order valence-electron chi connectivity index (χ3n) is 4.32. The van der Waals surface area contributed by atoms with Crippen LogP contribution in [0.4, 0.5) is 0 Å². The highest BCUT2D eigenvalue weighted by Gasteiger charge is 2.27. The van der Waals surface area contributed by atoms with Crippen LogP contribution >= 0.6 is 27.5 Å². The highest BCUT2D eigenvalue weighted by molar-refractivity contribution is 9.10. The molecule has 0 spiro atoms. The zero-order valence-corrected chi connectivity index (χ0v) is 17.5. The topological polar surface area (TPSA) is 47.9 Å². The van der Waals surface area contributed by atoms with Crippen LogP contribution in [0, 0.1) is 0 Å². The second kappa shape index (κ2) is 8.64. The molecule has 0 N–H and O–H groups in total. The van der Waals surface area contributed by atoms with E-state index in [2.05, 4.69) is 21.1 Å². The molecule has 0 fully saturated rings. The number of halogens is 2. The Hall–Kier alpha value is -2.89. The van der Waals surface area contributed by atoms with E-state index in [-0.39, 0.29) is 0 Å². The van der Waals surface area contributed by atoms with Crippen LogP contribution in [0.3, 0.4) is 0 Å². The molecule has 3 aromatic rings. The Labute approximate surface area is 181 Å². The minimum absolute atomic E-state index is 0.374. The lowest BCUT2D eigenvalue weighted by Crippen LogP contribution is -2.07. The largest absolute Gasteiger partial charge is 0.488 e. The summed E-state index contributed by atoms with van der Waals surface area (Å²) in [6.45, 7) is 0.374. The molecule has 4 nitrogen and oxygen atoms in total. The van der Waals surface area contributed by atoms with Crippen molar-refractivity contribution in [2.75, 3.05) is 0 Å². The standard InChI is InChI=1S/C23H15BrClNO3/c24-18-8-11-21(28-14-15-6-9-19(25)10-7-15)17(12-18)13-20-22(26-29-23(20)27)16-4-2-1-3-5-16/h1-13H,14H2/b20-13-. The Balaban J connectivity index is 1.65. The van der Waals surface area contributed by atoms with Crippen molar-refractivity contribution < 1.29 is 14.4 Å². The lowest BCUT2D eigenvalue weighted by atomic mass is 10.0. The van der Waals surface area contributed by atoms with Crippen molar-refractivity contribution in [3.8, 4) is 5.75 Å². The minimum Gasteiger partial charge on any atom is -0.488 e. The first kappa shape index (κ1) is 19.4. The lowest BCUT2D eigenvalue weighted by Gasteiger charge is -2.11. The van der Waals surface area contributed by atoms with Crippen molar-refractivity contribution in [2.45, 2.75) is 6.61 Å². The SMILES string of the molecule is O=C1ON=C(c2ccccc2)/C1=C/c1cc(Br)ccc1OCc1ccc(Cl)cc1. The van der Waals surface area contributed by atoms with Crippen molar-refractivity contribution in [1.29, 1.82) is 0 Å². The first-order chi connectivity index (χ1) is 14.1. The quantitative estimate of drug-likeness (QED) is 0.339. The molecule has 29 heavy (non-hydrogen) atoms. The van der Waals surface area contributed by atoms with Gasteiger partial charge in [-0.3, -0.25) is 0 Å². The summed E-state index contributed by atoms with van der Waals surface area (Å²) in [7, 11) is 0. The van der Waals surface area contributed by atoms with E-state index in [0.717, 1.165) is 21.2 Å². The molecular weight excluding hydrogens is 454 g/mol. The van der Waals surface area contributed by atoms with Gasteiger partial charge in [0.1, 0.15) is 18.1 Å². The summed E-state index contributed by atoms with van der Waals surface area (Å²) in [5.74, 6) is 0.148. The number of carbonyl (C=O) groups is 1. The monoisotopic (exact) mass is 467 g/mol. The maximum Gasteiger partial charge on any atom is 0.368 e. The number of oxime groups is 1. The normalized spacial score (nSPS) is 14.6. The van der Waals surface area contributed by atoms with Gasteiger partial charge in [-0.25, -0.2) is 4.79 Å². The summed E-state index contributed by atoms with van der Waals surface area (Å²) in [5.41, 5.74) is 3.42. The average Bonchev–Trinajstić information content (AvgIpc) is 3.10. The number of rotatable bonds is 5. The Morgan fingerprint density at radius 3 is 2.55 bits per heavy atom. The van der Waals surface area contributed by atoms with Crippen LogP contribution < -0.4 is 4.74 Å². The van der Waals surface area contributed by atoms with Gasteiger partial charge >= 0.3 is 5.97 Å². The first-order valence-corrected chi connectivity index (χ1v) is 10.0. The molecule has 0 amide bonds. The van der Waals surface area contributed by atoms with Gasteiger partial charge in [0.15, 0.2) is 0 Å². The van der Waals surface area contributed by atoms with Crippen LogP contribution in [0.25, 0.3) is 6.08 Å². The molecular formula is C23H15BrClNO3. The Morgan fingerprint density at radius 2 is 1.79 bits per heavy atom. The fraction of sp³-hybridized carbons (Fsp3) is 0.0435. The first-order valence-electron chi connectivity index (χ1n) is 8.84. The van der Waals surface area contributed by atoms with Gasteiger partial charge in [0.2, 0.25) is 0 Å². The van der Waals surface area contributed by atoms with E-state index >= 15 is 0 Å². The van der Waals surface area contributed by atoms with Crippen molar-refractivity contribution in [2.24, 2.45) is 5.16 Å². The van der Waals surface area contributed by atoms with E-state index in [9.17, 15) is 4.79 Å². The molecule has 0 atom stereocenters. The van der Waals surface area contributed by atoms with E-state index in [1.165, 1.54) is 0 Å². The van der Waals surface area contributed by atoms with Gasteiger partial charge in [-0.05, 0) is 42.0 Å². The molecule has 0 bridgehead atoms. The predicted octanol–water partition coefficient (Wildman–Crippen LogP) is 6.03. The third kappa shape index (κ3) is 4.58. The Bertz CT molecular complexity index is 1110. The molecule has 0 saturated carbocycles. The van der Waals surface area contributed by atoms with Crippen LogP contribution in [-0.2, 0) is 16.2 Å². The Kier molecular flexibility index (Phi) is 5.79. The third-order valence-corrected chi connectivity index (χ3v) is 5.07. The summed E-state index contributed by atoms with van der Waals surface area (Å²) in [4.78, 5) is 17.2. The summed E-state index contributed by atoms with van der Waals surface area (Å²) < 4.78 is 6.87. The second-order valence-corrected chi connectivity index (χ2v) is 7.69. The van der Waals surface area contributed by atoms with Gasteiger partial charge in [-0.15, -0.1) is 0 Å². The van der Waals surface area contributed by atoms with E-state index in [1.807, 2.05) is 72.8 Å². The molecule has 3 aromatic carbocycles. The molecule has 1 heterocycles. The maximum atomic E-state index is 12.3.